The summed E-state index contributed by atoms with van der Waals surface area (Å²) in [6, 6.07) is 8.18. The number of rotatable bonds is 10. The molecule has 1 saturated heterocycles. The molecule has 7 heteroatoms. The molecule has 0 bridgehead atoms. The predicted molar refractivity (Wildman–Crippen MR) is 121 cm³/mol. The molecule has 0 radical (unpaired) electrons. The van der Waals surface area contributed by atoms with Crippen molar-refractivity contribution in [3.05, 3.63) is 29.8 Å². The monoisotopic (exact) mass is 491 g/mol. The summed E-state index contributed by atoms with van der Waals surface area (Å²) < 4.78 is 16.4. The number of guanidine groups is 1. The number of benzene rings is 1. The summed E-state index contributed by atoms with van der Waals surface area (Å²) in [6.45, 7) is 6.95. The Hall–Kier alpha value is -1.06. The average molecular weight is 491 g/mol. The van der Waals surface area contributed by atoms with Crippen molar-refractivity contribution < 1.29 is 14.2 Å². The zero-order chi connectivity index (χ0) is 18.5. The second kappa shape index (κ2) is 14.9. The van der Waals surface area contributed by atoms with E-state index in [0.717, 1.165) is 76.8 Å². The molecule has 0 spiro atoms. The molecule has 1 fully saturated rings. The van der Waals surface area contributed by atoms with Crippen LogP contribution in [0.25, 0.3) is 0 Å². The smallest absolute Gasteiger partial charge is 0.191 e. The molecule has 154 valence electrons. The van der Waals surface area contributed by atoms with Crippen molar-refractivity contribution in [1.82, 2.24) is 10.6 Å². The van der Waals surface area contributed by atoms with Crippen LogP contribution >= 0.6 is 24.0 Å². The van der Waals surface area contributed by atoms with E-state index >= 15 is 0 Å². The van der Waals surface area contributed by atoms with Crippen molar-refractivity contribution in [2.24, 2.45) is 4.99 Å². The van der Waals surface area contributed by atoms with E-state index in [9.17, 15) is 0 Å². The van der Waals surface area contributed by atoms with Crippen LogP contribution in [0.4, 0.5) is 0 Å². The van der Waals surface area contributed by atoms with Crippen LogP contribution in [0, 0.1) is 0 Å². The second-order valence-corrected chi connectivity index (χ2v) is 6.32. The van der Waals surface area contributed by atoms with Crippen molar-refractivity contribution in [2.75, 3.05) is 46.6 Å². The average Bonchev–Trinajstić information content (AvgIpc) is 2.69. The molecule has 0 amide bonds. The Bertz CT molecular complexity index is 520. The molecule has 1 aliphatic rings. The summed E-state index contributed by atoms with van der Waals surface area (Å²) in [7, 11) is 1.68. The molecule has 0 unspecified atom stereocenters. The van der Waals surface area contributed by atoms with Gasteiger partial charge in [0, 0.05) is 39.5 Å². The van der Waals surface area contributed by atoms with Gasteiger partial charge in [0.25, 0.3) is 0 Å². The molecular formula is C20H34IN3O3. The third-order valence-corrected chi connectivity index (χ3v) is 4.30. The van der Waals surface area contributed by atoms with E-state index in [-0.39, 0.29) is 24.0 Å². The van der Waals surface area contributed by atoms with Gasteiger partial charge in [-0.3, -0.25) is 4.99 Å². The minimum atomic E-state index is 0. The minimum Gasteiger partial charge on any atom is -0.497 e. The van der Waals surface area contributed by atoms with Crippen molar-refractivity contribution in [2.45, 2.75) is 38.7 Å². The van der Waals surface area contributed by atoms with Gasteiger partial charge in [-0.15, -0.1) is 24.0 Å². The van der Waals surface area contributed by atoms with Gasteiger partial charge in [0.2, 0.25) is 0 Å². The van der Waals surface area contributed by atoms with Crippen LogP contribution in [0.1, 0.15) is 31.7 Å². The first-order chi connectivity index (χ1) is 12.8. The quantitative estimate of drug-likeness (QED) is 0.228. The van der Waals surface area contributed by atoms with Crippen LogP contribution in [-0.2, 0) is 15.9 Å². The molecule has 0 aliphatic carbocycles. The zero-order valence-corrected chi connectivity index (χ0v) is 18.9. The Morgan fingerprint density at radius 3 is 2.59 bits per heavy atom. The van der Waals surface area contributed by atoms with E-state index in [1.807, 2.05) is 12.1 Å². The predicted octanol–water partition coefficient (Wildman–Crippen LogP) is 3.00. The summed E-state index contributed by atoms with van der Waals surface area (Å²) in [4.78, 5) is 4.62. The van der Waals surface area contributed by atoms with Crippen LogP contribution in [0.2, 0.25) is 0 Å². The minimum absolute atomic E-state index is 0. The van der Waals surface area contributed by atoms with E-state index in [1.165, 1.54) is 5.56 Å². The fraction of sp³-hybridized carbons (Fsp3) is 0.650. The van der Waals surface area contributed by atoms with Gasteiger partial charge in [0.05, 0.1) is 13.2 Å². The lowest BCUT2D eigenvalue weighted by Crippen LogP contribution is -2.38. The zero-order valence-electron chi connectivity index (χ0n) is 16.5. The molecule has 0 aromatic heterocycles. The number of halogens is 1. The SMILES string of the molecule is CCNC(=NCCCOC1CCOCC1)NCCc1ccc(OC)cc1.I. The molecule has 1 heterocycles. The van der Waals surface area contributed by atoms with Crippen LogP contribution < -0.4 is 15.4 Å². The number of hydrogen-bond acceptors (Lipinski definition) is 4. The Balaban J connectivity index is 0.00000364. The lowest BCUT2D eigenvalue weighted by molar-refractivity contribution is -0.0318. The highest BCUT2D eigenvalue weighted by Crippen LogP contribution is 2.11. The van der Waals surface area contributed by atoms with E-state index in [2.05, 4.69) is 34.7 Å². The highest BCUT2D eigenvalue weighted by molar-refractivity contribution is 14.0. The summed E-state index contributed by atoms with van der Waals surface area (Å²) >= 11 is 0. The van der Waals surface area contributed by atoms with E-state index in [1.54, 1.807) is 7.11 Å². The topological polar surface area (TPSA) is 64.1 Å². The molecular weight excluding hydrogens is 457 g/mol. The fourth-order valence-corrected chi connectivity index (χ4v) is 2.81. The van der Waals surface area contributed by atoms with Crippen molar-refractivity contribution >= 4 is 29.9 Å². The Labute approximate surface area is 180 Å². The number of nitrogens with zero attached hydrogens (tertiary/aromatic N) is 1. The van der Waals surface area contributed by atoms with Crippen LogP contribution in [0.3, 0.4) is 0 Å². The first-order valence-electron chi connectivity index (χ1n) is 9.66. The molecule has 2 rings (SSSR count). The first-order valence-corrected chi connectivity index (χ1v) is 9.66. The lowest BCUT2D eigenvalue weighted by atomic mass is 10.1. The Morgan fingerprint density at radius 2 is 1.93 bits per heavy atom. The lowest BCUT2D eigenvalue weighted by Gasteiger charge is -2.22. The third kappa shape index (κ3) is 10.2. The van der Waals surface area contributed by atoms with Gasteiger partial charge in [-0.05, 0) is 50.3 Å². The number of ether oxygens (including phenoxy) is 3. The maximum atomic E-state index is 5.88. The van der Waals surface area contributed by atoms with Crippen LogP contribution in [0.15, 0.2) is 29.3 Å². The van der Waals surface area contributed by atoms with Gasteiger partial charge in [-0.25, -0.2) is 0 Å². The van der Waals surface area contributed by atoms with Gasteiger partial charge in [-0.1, -0.05) is 12.1 Å². The molecule has 6 nitrogen and oxygen atoms in total. The first kappa shape index (κ1) is 24.0. The number of hydrogen-bond donors (Lipinski definition) is 2. The molecule has 1 aromatic rings. The van der Waals surface area contributed by atoms with Gasteiger partial charge in [0.15, 0.2) is 5.96 Å². The van der Waals surface area contributed by atoms with Crippen LogP contribution in [-0.4, -0.2) is 58.6 Å². The van der Waals surface area contributed by atoms with Gasteiger partial charge in [-0.2, -0.15) is 0 Å². The maximum absolute atomic E-state index is 5.88. The molecule has 0 atom stereocenters. The summed E-state index contributed by atoms with van der Waals surface area (Å²) in [5.41, 5.74) is 1.28. The summed E-state index contributed by atoms with van der Waals surface area (Å²) in [6.07, 6.45) is 4.27. The maximum Gasteiger partial charge on any atom is 0.191 e. The molecule has 1 aromatic carbocycles. The molecule has 0 saturated carbocycles. The largest absolute Gasteiger partial charge is 0.497 e. The Kier molecular flexibility index (Phi) is 13.3. The third-order valence-electron chi connectivity index (χ3n) is 4.30. The normalized spacial score (nSPS) is 15.1. The van der Waals surface area contributed by atoms with Gasteiger partial charge < -0.3 is 24.8 Å². The van der Waals surface area contributed by atoms with Crippen molar-refractivity contribution in [3.63, 3.8) is 0 Å². The number of aliphatic imine (C=N–C) groups is 1. The number of nitrogens with one attached hydrogen (secondary N) is 2. The number of methoxy groups -OCH3 is 1. The standard InChI is InChI=1S/C20H33N3O3.HI/c1-3-21-20(22-12-4-14-26-19-10-15-25-16-11-19)23-13-9-17-5-7-18(24-2)8-6-17;/h5-8,19H,3-4,9-16H2,1-2H3,(H2,21,22,23);1H. The highest BCUT2D eigenvalue weighted by Gasteiger charge is 2.13. The fourth-order valence-electron chi connectivity index (χ4n) is 2.81. The highest BCUT2D eigenvalue weighted by atomic mass is 127. The van der Waals surface area contributed by atoms with Gasteiger partial charge >= 0.3 is 0 Å². The molecule has 1 aliphatic heterocycles. The van der Waals surface area contributed by atoms with E-state index in [0.29, 0.717) is 6.10 Å². The van der Waals surface area contributed by atoms with Gasteiger partial charge in [0.1, 0.15) is 5.75 Å². The Morgan fingerprint density at radius 1 is 1.19 bits per heavy atom. The van der Waals surface area contributed by atoms with Crippen molar-refractivity contribution in [1.29, 1.82) is 0 Å². The molecule has 27 heavy (non-hydrogen) atoms. The summed E-state index contributed by atoms with van der Waals surface area (Å²) in [5.74, 6) is 1.76. The van der Waals surface area contributed by atoms with E-state index in [4.69, 9.17) is 14.2 Å². The van der Waals surface area contributed by atoms with E-state index < -0.39 is 0 Å². The second-order valence-electron chi connectivity index (χ2n) is 6.32. The van der Waals surface area contributed by atoms with Crippen molar-refractivity contribution in [3.8, 4) is 5.75 Å². The summed E-state index contributed by atoms with van der Waals surface area (Å²) in [5, 5.41) is 6.68. The van der Waals surface area contributed by atoms with Crippen LogP contribution in [0.5, 0.6) is 5.75 Å². The molecule has 2 N–H and O–H groups in total.